The van der Waals surface area contributed by atoms with Gasteiger partial charge >= 0.3 is 95.0 Å². The molecule has 0 nitrogen and oxygen atoms in total. The van der Waals surface area contributed by atoms with Crippen LogP contribution in [0.3, 0.4) is 0 Å². The molecule has 0 unspecified atom stereocenters. The van der Waals surface area contributed by atoms with E-state index in [-0.39, 0.29) is 0 Å². The van der Waals surface area contributed by atoms with Crippen molar-refractivity contribution in [1.29, 1.82) is 0 Å². The van der Waals surface area contributed by atoms with Gasteiger partial charge < -0.3 is 0 Å². The lowest BCUT2D eigenvalue weighted by Crippen LogP contribution is -2.80. The molecule has 0 fully saturated rings. The lowest BCUT2D eigenvalue weighted by Gasteiger charge is -2.47. The third-order valence-electron chi connectivity index (χ3n) is 6.30. The fourth-order valence-electron chi connectivity index (χ4n) is 3.05. The molecule has 0 aliphatic rings. The predicted molar refractivity (Wildman–Crippen MR) is 103 cm³/mol. The second-order valence-corrected chi connectivity index (χ2v) is 14.1. The van der Waals surface area contributed by atoms with Crippen LogP contribution in [0, 0.1) is 0 Å². The molecule has 0 rings (SSSR count). The second-order valence-electron chi connectivity index (χ2n) is 9.76. The quantitative estimate of drug-likeness (QED) is 0.0822. The van der Waals surface area contributed by atoms with Gasteiger partial charge in [0.05, 0.1) is 0 Å². The third kappa shape index (κ3) is 6.19. The van der Waals surface area contributed by atoms with Crippen LogP contribution in [0.4, 0.5) is 145 Å². The van der Waals surface area contributed by atoms with E-state index in [0.29, 0.717) is 0 Å². The molecular formula is C17H2Cl2F33Si. The Bertz CT molecular complexity index is 1320. The van der Waals surface area contributed by atoms with Gasteiger partial charge in [-0.2, -0.15) is 145 Å². The van der Waals surface area contributed by atoms with Crippen LogP contribution in [0.15, 0.2) is 0 Å². The first kappa shape index (κ1) is 51.5. The first-order valence-electron chi connectivity index (χ1n) is 11.1. The molecular weight excluding hydrogens is 930 g/mol. The van der Waals surface area contributed by atoms with Crippen molar-refractivity contribution >= 4 is 29.6 Å². The summed E-state index contributed by atoms with van der Waals surface area (Å²) in [6.07, 6.45) is -8.39. The highest BCUT2D eigenvalue weighted by Crippen LogP contribution is 2.70. The van der Waals surface area contributed by atoms with Crippen LogP contribution in [0.25, 0.3) is 0 Å². The Labute approximate surface area is 276 Å². The summed E-state index contributed by atoms with van der Waals surface area (Å²) in [6, 6.07) is -3.24. The summed E-state index contributed by atoms with van der Waals surface area (Å²) in [7, 11) is -4.23. The lowest BCUT2D eigenvalue weighted by atomic mass is 9.82. The van der Waals surface area contributed by atoms with Gasteiger partial charge in [-0.25, -0.2) is 0 Å². The van der Waals surface area contributed by atoms with E-state index in [9.17, 15) is 145 Å². The molecule has 0 aliphatic carbocycles. The van der Waals surface area contributed by atoms with E-state index < -0.39 is 108 Å². The third-order valence-corrected chi connectivity index (χ3v) is 7.81. The fourth-order valence-corrected chi connectivity index (χ4v) is 4.62. The van der Waals surface area contributed by atoms with E-state index in [0.717, 1.165) is 0 Å². The minimum atomic E-state index is -10.2. The molecule has 319 valence electrons. The zero-order valence-corrected chi connectivity index (χ0v) is 24.9. The topological polar surface area (TPSA) is 0 Å². The van der Waals surface area contributed by atoms with Gasteiger partial charge in [0.15, 0.2) is 0 Å². The van der Waals surface area contributed by atoms with Crippen LogP contribution >= 0.6 is 22.2 Å². The summed E-state index contributed by atoms with van der Waals surface area (Å²) in [5, 5.41) is 0. The average Bonchev–Trinajstić information content (AvgIpc) is 2.89. The standard InChI is InChI=1S/C17H2Cl2F33Si/c18-53(19)1-2(20,21)3(22,23)4(24,25)5(26,27)6(28,29)7(30,31)8(32,33)9(34,35)10(36,37)11(38,39)12(40,41)13(42,43)14(44,45)15(46,47)16(48,49)17(50,51)52/h1H2. The lowest BCUT2D eigenvalue weighted by molar-refractivity contribution is -0.490. The highest BCUT2D eigenvalue weighted by atomic mass is 35.7. The van der Waals surface area contributed by atoms with Crippen LogP contribution in [-0.4, -0.2) is 102 Å². The van der Waals surface area contributed by atoms with Gasteiger partial charge in [0, 0.05) is 6.04 Å². The maximum Gasteiger partial charge on any atom is 0.460 e. The molecule has 0 aliphatic heterocycles. The van der Waals surface area contributed by atoms with Crippen LogP contribution < -0.4 is 0 Å². The average molecular weight is 932 g/mol. The monoisotopic (exact) mass is 931 g/mol. The van der Waals surface area contributed by atoms with Crippen molar-refractivity contribution < 1.29 is 145 Å². The highest BCUT2D eigenvalue weighted by Gasteiger charge is 3.01. The maximum atomic E-state index is 13.9. The van der Waals surface area contributed by atoms with Crippen LogP contribution in [0.2, 0.25) is 6.04 Å². The molecule has 0 aromatic carbocycles. The van der Waals surface area contributed by atoms with Crippen molar-refractivity contribution in [3.05, 3.63) is 0 Å². The smallest absolute Gasteiger partial charge is 0.200 e. The van der Waals surface area contributed by atoms with E-state index in [4.69, 9.17) is 0 Å². The SMILES string of the molecule is FC(F)(F)C(F)(F)C(F)(F)C(F)(F)C(F)(F)C(F)(F)C(F)(F)C(F)(F)C(F)(F)C(F)(F)C(F)(F)C(F)(F)C(F)(F)C(F)(F)C(F)(F)C(F)(F)C[Si](Cl)Cl. The van der Waals surface area contributed by atoms with Crippen molar-refractivity contribution in [3.63, 3.8) is 0 Å². The van der Waals surface area contributed by atoms with Gasteiger partial charge in [-0.15, -0.1) is 22.2 Å². The summed E-state index contributed by atoms with van der Waals surface area (Å²) in [5.74, 6) is -143. The number of alkyl halides is 33. The Balaban J connectivity index is 7.71. The normalized spacial score (nSPS) is 17.2. The van der Waals surface area contributed by atoms with Gasteiger partial charge in [-0.05, 0) is 0 Å². The van der Waals surface area contributed by atoms with Crippen LogP contribution in [0.5, 0.6) is 0 Å². The van der Waals surface area contributed by atoms with E-state index >= 15 is 0 Å². The Morgan fingerprint density at radius 1 is 0.226 bits per heavy atom. The Kier molecular flexibility index (Phi) is 12.4. The van der Waals surface area contributed by atoms with E-state index in [1.165, 1.54) is 0 Å². The first-order valence-corrected chi connectivity index (χ1v) is 14.8. The zero-order valence-electron chi connectivity index (χ0n) is 22.4. The van der Waals surface area contributed by atoms with Gasteiger partial charge in [-0.1, -0.05) is 0 Å². The van der Waals surface area contributed by atoms with Crippen molar-refractivity contribution in [2.24, 2.45) is 0 Å². The van der Waals surface area contributed by atoms with E-state index in [1.807, 2.05) is 0 Å². The molecule has 0 spiro atoms. The molecule has 0 amide bonds. The molecule has 0 bridgehead atoms. The first-order chi connectivity index (χ1) is 22.2. The van der Waals surface area contributed by atoms with E-state index in [2.05, 4.69) is 22.2 Å². The largest absolute Gasteiger partial charge is 0.460 e. The van der Waals surface area contributed by atoms with E-state index in [1.54, 1.807) is 0 Å². The summed E-state index contributed by atoms with van der Waals surface area (Å²) in [6.45, 7) is 0. The van der Waals surface area contributed by atoms with Gasteiger partial charge in [0.25, 0.3) is 7.42 Å². The Morgan fingerprint density at radius 3 is 0.491 bits per heavy atom. The summed E-state index contributed by atoms with van der Waals surface area (Å²) < 4.78 is 444. The summed E-state index contributed by atoms with van der Waals surface area (Å²) in [5.41, 5.74) is 0. The molecule has 0 heterocycles. The Morgan fingerprint density at radius 2 is 0.358 bits per heavy atom. The van der Waals surface area contributed by atoms with Gasteiger partial charge in [-0.3, -0.25) is 0 Å². The highest BCUT2D eigenvalue weighted by molar-refractivity contribution is 7.33. The van der Waals surface area contributed by atoms with Crippen LogP contribution in [0.1, 0.15) is 0 Å². The van der Waals surface area contributed by atoms with Gasteiger partial charge in [0.2, 0.25) is 0 Å². The van der Waals surface area contributed by atoms with Crippen molar-refractivity contribution in [3.8, 4) is 0 Å². The predicted octanol–water partition coefficient (Wildman–Crippen LogP) is 12.0. The zero-order chi connectivity index (χ0) is 44.3. The number of halogens is 35. The minimum absolute atomic E-state index is 3.24. The van der Waals surface area contributed by atoms with Gasteiger partial charge in [0.1, 0.15) is 0 Å². The molecule has 0 saturated heterocycles. The number of hydrogen-bond acceptors (Lipinski definition) is 0. The molecule has 36 heteroatoms. The molecule has 53 heavy (non-hydrogen) atoms. The molecule has 0 atom stereocenters. The number of rotatable bonds is 16. The fraction of sp³-hybridized carbons (Fsp3) is 1.00. The minimum Gasteiger partial charge on any atom is -0.200 e. The molecule has 0 N–H and O–H groups in total. The summed E-state index contributed by atoms with van der Waals surface area (Å²) >= 11 is 9.02. The van der Waals surface area contributed by atoms with Crippen molar-refractivity contribution in [2.45, 2.75) is 101 Å². The molecule has 0 aromatic heterocycles. The van der Waals surface area contributed by atoms with Crippen molar-refractivity contribution in [1.82, 2.24) is 0 Å². The second kappa shape index (κ2) is 12.7. The maximum absolute atomic E-state index is 13.9. The molecule has 1 radical (unpaired) electrons. The molecule has 0 aromatic rings. The number of hydrogen-bond donors (Lipinski definition) is 0. The van der Waals surface area contributed by atoms with Crippen molar-refractivity contribution in [2.75, 3.05) is 0 Å². The Hall–Kier alpha value is -1.51. The molecule has 0 saturated carbocycles. The summed E-state index contributed by atoms with van der Waals surface area (Å²) in [4.78, 5) is 0. The van der Waals surface area contributed by atoms with Crippen LogP contribution in [-0.2, 0) is 0 Å².